The van der Waals surface area contributed by atoms with E-state index >= 15 is 0 Å². The highest BCUT2D eigenvalue weighted by Crippen LogP contribution is 2.70. The Morgan fingerprint density at radius 2 is 1.20 bits per heavy atom. The second kappa shape index (κ2) is 10.7. The maximum Gasteiger partial charge on any atom is 0.365 e. The molecular formula is C15H26ClNO6P2. The van der Waals surface area contributed by atoms with Crippen molar-refractivity contribution in [3.63, 3.8) is 0 Å². The van der Waals surface area contributed by atoms with Crippen molar-refractivity contribution in [1.82, 2.24) is 0 Å². The molecule has 0 unspecified atom stereocenters. The lowest BCUT2D eigenvalue weighted by Crippen LogP contribution is -2.25. The fourth-order valence-electron chi connectivity index (χ4n) is 2.10. The van der Waals surface area contributed by atoms with Crippen LogP contribution in [0.5, 0.6) is 0 Å². The zero-order valence-electron chi connectivity index (χ0n) is 14.9. The molecule has 25 heavy (non-hydrogen) atoms. The highest BCUT2D eigenvalue weighted by Gasteiger charge is 2.51. The molecule has 0 aliphatic heterocycles. The Kier molecular flexibility index (Phi) is 9.68. The first kappa shape index (κ1) is 22.7. The third kappa shape index (κ3) is 6.37. The molecule has 144 valence electrons. The van der Waals surface area contributed by atoms with Gasteiger partial charge in [0.25, 0.3) is 0 Å². The molecule has 0 amide bonds. The lowest BCUT2D eigenvalue weighted by Gasteiger charge is -2.32. The molecule has 0 atom stereocenters. The molecule has 0 saturated carbocycles. The zero-order valence-corrected chi connectivity index (χ0v) is 17.5. The van der Waals surface area contributed by atoms with Crippen molar-refractivity contribution in [2.45, 2.75) is 33.2 Å². The number of hydrogen-bond acceptors (Lipinski definition) is 7. The maximum atomic E-state index is 13.3. The molecule has 0 saturated heterocycles. The van der Waals surface area contributed by atoms with Gasteiger partial charge < -0.3 is 23.4 Å². The molecule has 7 nitrogen and oxygen atoms in total. The van der Waals surface area contributed by atoms with Crippen LogP contribution in [-0.4, -0.2) is 32.0 Å². The molecule has 0 aromatic heterocycles. The summed E-state index contributed by atoms with van der Waals surface area (Å²) in [5.41, 5.74) is -0.769. The van der Waals surface area contributed by atoms with Crippen LogP contribution in [0.2, 0.25) is 5.02 Å². The third-order valence-electron chi connectivity index (χ3n) is 2.98. The largest absolute Gasteiger partial charge is 0.365 e. The fraction of sp³-hybridized carbons (Fsp3) is 0.600. The summed E-state index contributed by atoms with van der Waals surface area (Å²) in [5.74, 6) is 0. The molecular weight excluding hydrogens is 388 g/mol. The van der Waals surface area contributed by atoms with E-state index < -0.39 is 20.7 Å². The number of halogens is 1. The summed E-state index contributed by atoms with van der Waals surface area (Å²) in [7, 11) is -7.69. The fourth-order valence-corrected chi connectivity index (χ4v) is 7.18. The Hall–Kier alpha value is -0.390. The van der Waals surface area contributed by atoms with Crippen LogP contribution in [0, 0.1) is 0 Å². The molecule has 1 rings (SSSR count). The van der Waals surface area contributed by atoms with E-state index in [0.717, 1.165) is 0 Å². The van der Waals surface area contributed by atoms with Gasteiger partial charge in [0, 0.05) is 10.7 Å². The van der Waals surface area contributed by atoms with Gasteiger partial charge in [0.1, 0.15) is 0 Å². The number of hydrogen-bond donors (Lipinski definition) is 1. The van der Waals surface area contributed by atoms with Crippen molar-refractivity contribution in [3.05, 3.63) is 29.3 Å². The van der Waals surface area contributed by atoms with Gasteiger partial charge in [0.05, 0.1) is 26.4 Å². The molecule has 1 N–H and O–H groups in total. The van der Waals surface area contributed by atoms with Crippen LogP contribution in [0.15, 0.2) is 24.3 Å². The molecule has 0 aliphatic carbocycles. The molecule has 0 radical (unpaired) electrons. The summed E-state index contributed by atoms with van der Waals surface area (Å²) < 4.78 is 48.1. The summed E-state index contributed by atoms with van der Waals surface area (Å²) in [6.45, 7) is 7.19. The number of anilines is 1. The van der Waals surface area contributed by atoms with Crippen molar-refractivity contribution in [1.29, 1.82) is 0 Å². The Labute approximate surface area is 154 Å². The molecule has 0 aliphatic rings. The average molecular weight is 414 g/mol. The number of rotatable bonds is 12. The van der Waals surface area contributed by atoms with Crippen molar-refractivity contribution in [3.8, 4) is 0 Å². The van der Waals surface area contributed by atoms with Crippen LogP contribution >= 0.6 is 26.8 Å². The lowest BCUT2D eigenvalue weighted by molar-refractivity contribution is 0.198. The van der Waals surface area contributed by atoms with E-state index in [-0.39, 0.29) is 26.4 Å². The monoisotopic (exact) mass is 413 g/mol. The molecule has 0 fully saturated rings. The van der Waals surface area contributed by atoms with E-state index in [4.69, 9.17) is 29.7 Å². The predicted octanol–water partition coefficient (Wildman–Crippen LogP) is 5.57. The average Bonchev–Trinajstić information content (AvgIpc) is 2.55. The molecule has 1 aromatic carbocycles. The summed E-state index contributed by atoms with van der Waals surface area (Å²) in [6, 6.07) is 6.64. The second-order valence-corrected chi connectivity index (χ2v) is 9.84. The zero-order chi connectivity index (χ0) is 18.9. The summed E-state index contributed by atoms with van der Waals surface area (Å²) in [5, 5.41) is 3.48. The normalized spacial score (nSPS) is 12.6. The van der Waals surface area contributed by atoms with E-state index in [1.54, 1.807) is 52.0 Å². The van der Waals surface area contributed by atoms with E-state index in [9.17, 15) is 9.13 Å². The van der Waals surface area contributed by atoms with E-state index in [1.165, 1.54) is 0 Å². The van der Waals surface area contributed by atoms with Gasteiger partial charge in [-0.05, 0) is 52.0 Å². The van der Waals surface area contributed by atoms with Gasteiger partial charge in [-0.1, -0.05) is 11.6 Å². The standard InChI is InChI=1S/C15H26ClNO6P2/c1-5-20-24(18,21-6-2)15(25(19,22-7-3)23-8-4)17-14-11-9-13(16)10-12-14/h9-12,15,17H,5-8H2,1-4H3. The van der Waals surface area contributed by atoms with Crippen LogP contribution in [-0.2, 0) is 27.2 Å². The summed E-state index contributed by atoms with van der Waals surface area (Å²) in [4.78, 5) is 0. The van der Waals surface area contributed by atoms with Crippen molar-refractivity contribution in [2.24, 2.45) is 0 Å². The SMILES string of the molecule is CCOP(=O)(OCC)C(Nc1ccc(Cl)cc1)P(=O)(OCC)OCC. The first-order valence-corrected chi connectivity index (χ1v) is 11.7. The smallest absolute Gasteiger partial charge is 0.362 e. The van der Waals surface area contributed by atoms with Crippen molar-refractivity contribution >= 4 is 32.5 Å². The molecule has 10 heteroatoms. The van der Waals surface area contributed by atoms with E-state index in [2.05, 4.69) is 5.32 Å². The summed E-state index contributed by atoms with van der Waals surface area (Å²) in [6.07, 6.45) is 0. The Balaban J connectivity index is 3.34. The highest BCUT2D eigenvalue weighted by molar-refractivity contribution is 7.72. The van der Waals surface area contributed by atoms with Gasteiger partial charge in [-0.3, -0.25) is 9.13 Å². The minimum Gasteiger partial charge on any atom is -0.362 e. The first-order valence-electron chi connectivity index (χ1n) is 8.14. The Bertz CT molecular complexity index is 563. The van der Waals surface area contributed by atoms with Gasteiger partial charge in [-0.15, -0.1) is 0 Å². The quantitative estimate of drug-likeness (QED) is 0.448. The van der Waals surface area contributed by atoms with Crippen molar-refractivity contribution in [2.75, 3.05) is 31.7 Å². The van der Waals surface area contributed by atoms with Gasteiger partial charge in [0.2, 0.25) is 5.52 Å². The third-order valence-corrected chi connectivity index (χ3v) is 8.85. The topological polar surface area (TPSA) is 83.1 Å². The Morgan fingerprint density at radius 1 is 0.840 bits per heavy atom. The molecule has 0 bridgehead atoms. The number of benzene rings is 1. The second-order valence-electron chi connectivity index (χ2n) is 4.78. The maximum absolute atomic E-state index is 13.3. The molecule has 1 aromatic rings. The van der Waals surface area contributed by atoms with Crippen LogP contribution in [0.4, 0.5) is 5.69 Å². The Morgan fingerprint density at radius 3 is 1.52 bits per heavy atom. The van der Waals surface area contributed by atoms with Crippen LogP contribution in [0.3, 0.4) is 0 Å². The minimum absolute atomic E-state index is 0.119. The number of nitrogens with one attached hydrogen (secondary N) is 1. The van der Waals surface area contributed by atoms with Gasteiger partial charge in [0.15, 0.2) is 0 Å². The molecule has 0 heterocycles. The predicted molar refractivity (Wildman–Crippen MR) is 101 cm³/mol. The van der Waals surface area contributed by atoms with Crippen LogP contribution < -0.4 is 5.32 Å². The van der Waals surface area contributed by atoms with E-state index in [1.807, 2.05) is 0 Å². The van der Waals surface area contributed by atoms with Gasteiger partial charge >= 0.3 is 15.2 Å². The van der Waals surface area contributed by atoms with Crippen LogP contribution in [0.25, 0.3) is 0 Å². The van der Waals surface area contributed by atoms with Gasteiger partial charge in [-0.25, -0.2) is 0 Å². The molecule has 0 spiro atoms. The van der Waals surface area contributed by atoms with Crippen molar-refractivity contribution < 1.29 is 27.2 Å². The summed E-state index contributed by atoms with van der Waals surface area (Å²) >= 11 is 5.89. The minimum atomic E-state index is -3.84. The first-order chi connectivity index (χ1) is 11.8. The van der Waals surface area contributed by atoms with E-state index in [0.29, 0.717) is 10.7 Å². The highest BCUT2D eigenvalue weighted by atomic mass is 35.5. The lowest BCUT2D eigenvalue weighted by atomic mass is 10.3. The van der Waals surface area contributed by atoms with Crippen LogP contribution in [0.1, 0.15) is 27.7 Å². The van der Waals surface area contributed by atoms with Gasteiger partial charge in [-0.2, -0.15) is 0 Å².